The first kappa shape index (κ1) is 19.8. The van der Waals surface area contributed by atoms with Crippen molar-refractivity contribution in [3.05, 3.63) is 67.4 Å². The second-order valence-corrected chi connectivity index (χ2v) is 7.93. The zero-order chi connectivity index (χ0) is 22.4. The van der Waals surface area contributed by atoms with Gasteiger partial charge in [0.25, 0.3) is 0 Å². The summed E-state index contributed by atoms with van der Waals surface area (Å²) >= 11 is 6.35. The standard InChI is InChI=1S/C21H17ClN8O2/c1-10-17(26-15-5-2-11(8-23)6-14(15)22)28-19-12(7-16-20(31)29-21(32)27-16)9-24-30(19)18(10)25-13-3-4-13/h2,5-7,9,13,26,31H,3-4H2,1H3,(H2,27,29,32)/b12-7+,25-18?. The fourth-order valence-corrected chi connectivity index (χ4v) is 3.52. The molecule has 0 bridgehead atoms. The maximum atomic E-state index is 11.5. The summed E-state index contributed by atoms with van der Waals surface area (Å²) in [5, 5.41) is 27.6. The number of fused-ring (bicyclic) bond motifs is 1. The third-order valence-electron chi connectivity index (χ3n) is 5.12. The van der Waals surface area contributed by atoms with Crippen LogP contribution in [0.5, 0.6) is 5.88 Å². The lowest BCUT2D eigenvalue weighted by atomic mass is 10.2. The first-order valence-corrected chi connectivity index (χ1v) is 10.2. The Hall–Kier alpha value is -4.10. The number of aromatic nitrogens is 5. The zero-order valence-electron chi connectivity index (χ0n) is 16.8. The van der Waals surface area contributed by atoms with Crippen molar-refractivity contribution in [1.29, 1.82) is 5.26 Å². The molecule has 0 amide bonds. The molecule has 1 fully saturated rings. The lowest BCUT2D eigenvalue weighted by Gasteiger charge is -2.11. The molecular weight excluding hydrogens is 432 g/mol. The van der Waals surface area contributed by atoms with Crippen molar-refractivity contribution in [2.24, 2.45) is 4.99 Å². The summed E-state index contributed by atoms with van der Waals surface area (Å²) in [6.07, 6.45) is 5.21. The molecule has 1 aromatic carbocycles. The van der Waals surface area contributed by atoms with Crippen molar-refractivity contribution in [3.8, 4) is 11.9 Å². The second-order valence-electron chi connectivity index (χ2n) is 7.52. The van der Waals surface area contributed by atoms with Gasteiger partial charge in [0.2, 0.25) is 5.88 Å². The van der Waals surface area contributed by atoms with Crippen LogP contribution in [0.15, 0.2) is 34.2 Å². The number of nitriles is 1. The van der Waals surface area contributed by atoms with Gasteiger partial charge in [-0.05, 0) is 44.0 Å². The second kappa shape index (κ2) is 7.55. The molecule has 5 rings (SSSR count). The summed E-state index contributed by atoms with van der Waals surface area (Å²) in [7, 11) is 0. The van der Waals surface area contributed by atoms with Crippen LogP contribution in [0.1, 0.15) is 29.7 Å². The molecule has 0 radical (unpaired) electrons. The van der Waals surface area contributed by atoms with Crippen LogP contribution in [0.25, 0.3) is 11.7 Å². The van der Waals surface area contributed by atoms with Crippen LogP contribution in [-0.4, -0.2) is 35.7 Å². The molecule has 0 saturated heterocycles. The summed E-state index contributed by atoms with van der Waals surface area (Å²) in [6, 6.07) is 7.27. The first-order chi connectivity index (χ1) is 15.4. The van der Waals surface area contributed by atoms with Gasteiger partial charge in [-0.1, -0.05) is 11.6 Å². The van der Waals surface area contributed by atoms with E-state index >= 15 is 0 Å². The van der Waals surface area contributed by atoms with Gasteiger partial charge in [-0.2, -0.15) is 14.9 Å². The minimum Gasteiger partial charge on any atom is -0.493 e. The van der Waals surface area contributed by atoms with Crippen LogP contribution < -0.4 is 21.7 Å². The molecule has 160 valence electrons. The van der Waals surface area contributed by atoms with Crippen LogP contribution in [-0.2, 0) is 0 Å². The zero-order valence-corrected chi connectivity index (χ0v) is 17.6. The highest BCUT2D eigenvalue weighted by Gasteiger charge is 2.21. The van der Waals surface area contributed by atoms with E-state index in [9.17, 15) is 9.90 Å². The van der Waals surface area contributed by atoms with E-state index in [2.05, 4.69) is 26.5 Å². The summed E-state index contributed by atoms with van der Waals surface area (Å²) < 4.78 is 1.65. The van der Waals surface area contributed by atoms with Gasteiger partial charge in [-0.25, -0.2) is 9.78 Å². The predicted octanol–water partition coefficient (Wildman–Crippen LogP) is 1.64. The molecule has 0 atom stereocenters. The number of benzene rings is 1. The van der Waals surface area contributed by atoms with Gasteiger partial charge in [-0.15, -0.1) is 0 Å². The van der Waals surface area contributed by atoms with E-state index in [1.54, 1.807) is 35.0 Å². The summed E-state index contributed by atoms with van der Waals surface area (Å²) in [4.78, 5) is 25.8. The molecule has 1 aliphatic carbocycles. The molecule has 11 heteroatoms. The highest BCUT2D eigenvalue weighted by Crippen LogP contribution is 2.27. The molecule has 0 unspecified atom stereocenters. The van der Waals surface area contributed by atoms with Crippen molar-refractivity contribution in [1.82, 2.24) is 24.6 Å². The van der Waals surface area contributed by atoms with Gasteiger partial charge < -0.3 is 15.4 Å². The number of aromatic amines is 2. The molecule has 3 aromatic heterocycles. The Morgan fingerprint density at radius 3 is 2.88 bits per heavy atom. The Morgan fingerprint density at radius 2 is 2.22 bits per heavy atom. The third-order valence-corrected chi connectivity index (χ3v) is 5.43. The number of hydrogen-bond donors (Lipinski definition) is 4. The molecule has 10 nitrogen and oxygen atoms in total. The minimum absolute atomic E-state index is 0.220. The number of imidazole rings is 1. The summed E-state index contributed by atoms with van der Waals surface area (Å²) in [5.41, 5.74) is 2.70. The monoisotopic (exact) mass is 448 g/mol. The molecule has 1 saturated carbocycles. The summed E-state index contributed by atoms with van der Waals surface area (Å²) in [5.74, 6) is 0.262. The van der Waals surface area contributed by atoms with E-state index in [0.717, 1.165) is 18.4 Å². The molecule has 0 spiro atoms. The Kier molecular flexibility index (Phi) is 4.68. The van der Waals surface area contributed by atoms with Gasteiger partial charge in [0.05, 0.1) is 34.6 Å². The van der Waals surface area contributed by atoms with E-state index in [0.29, 0.717) is 38.4 Å². The molecule has 0 aliphatic heterocycles. The van der Waals surface area contributed by atoms with Gasteiger partial charge in [0.15, 0.2) is 11.1 Å². The smallest absolute Gasteiger partial charge is 0.326 e. The number of halogens is 1. The van der Waals surface area contributed by atoms with Gasteiger partial charge >= 0.3 is 5.69 Å². The molecule has 32 heavy (non-hydrogen) atoms. The average molecular weight is 449 g/mol. The van der Waals surface area contributed by atoms with Gasteiger partial charge in [0, 0.05) is 10.8 Å². The van der Waals surface area contributed by atoms with E-state index in [-0.39, 0.29) is 17.6 Å². The van der Waals surface area contributed by atoms with Crippen molar-refractivity contribution >= 4 is 34.8 Å². The maximum absolute atomic E-state index is 11.5. The van der Waals surface area contributed by atoms with Crippen molar-refractivity contribution in [3.63, 3.8) is 0 Å². The Balaban J connectivity index is 1.71. The predicted molar refractivity (Wildman–Crippen MR) is 118 cm³/mol. The highest BCUT2D eigenvalue weighted by atomic mass is 35.5. The fraction of sp³-hybridized carbons (Fsp3) is 0.190. The van der Waals surface area contributed by atoms with E-state index in [4.69, 9.17) is 26.8 Å². The lowest BCUT2D eigenvalue weighted by Crippen LogP contribution is -2.24. The maximum Gasteiger partial charge on any atom is 0.326 e. The van der Waals surface area contributed by atoms with E-state index < -0.39 is 5.69 Å². The molecule has 4 aromatic rings. The number of H-pyrrole nitrogens is 2. The number of nitrogens with one attached hydrogen (secondary N) is 3. The number of hydrogen-bond acceptors (Lipinski definition) is 7. The van der Waals surface area contributed by atoms with Crippen LogP contribution in [0.4, 0.5) is 11.5 Å². The van der Waals surface area contributed by atoms with Crippen molar-refractivity contribution in [2.75, 3.05) is 5.32 Å². The van der Waals surface area contributed by atoms with E-state index in [1.165, 1.54) is 0 Å². The molecule has 3 heterocycles. The SMILES string of the molecule is Cc1c(Nc2ccc(C#N)cc2Cl)nc2/c(=C/c3[nH]c(=O)[nH]c3O)cnn2c1=NC1CC1. The number of nitrogens with zero attached hydrogens (tertiary/aromatic N) is 5. The van der Waals surface area contributed by atoms with E-state index in [1.807, 2.05) is 6.92 Å². The first-order valence-electron chi connectivity index (χ1n) is 9.85. The molecule has 1 aliphatic rings. The molecule has 4 N–H and O–H groups in total. The topological polar surface area (TPSA) is 147 Å². The summed E-state index contributed by atoms with van der Waals surface area (Å²) in [6.45, 7) is 1.90. The van der Waals surface area contributed by atoms with Gasteiger partial charge in [-0.3, -0.25) is 9.98 Å². The number of aromatic hydroxyl groups is 1. The van der Waals surface area contributed by atoms with Crippen LogP contribution in [0.2, 0.25) is 5.02 Å². The quantitative estimate of drug-likeness (QED) is 0.373. The normalized spacial score (nSPS) is 14.8. The fourth-order valence-electron chi connectivity index (χ4n) is 3.29. The van der Waals surface area contributed by atoms with Crippen LogP contribution in [0.3, 0.4) is 0 Å². The number of rotatable bonds is 4. The van der Waals surface area contributed by atoms with Crippen LogP contribution in [0, 0.1) is 18.3 Å². The lowest BCUT2D eigenvalue weighted by molar-refractivity contribution is 0.454. The Labute approximate surface area is 185 Å². The number of anilines is 2. The average Bonchev–Trinajstić information content (AvgIpc) is 3.42. The highest BCUT2D eigenvalue weighted by molar-refractivity contribution is 6.33. The van der Waals surface area contributed by atoms with Crippen molar-refractivity contribution in [2.45, 2.75) is 25.8 Å². The van der Waals surface area contributed by atoms with Crippen LogP contribution >= 0.6 is 11.6 Å². The van der Waals surface area contributed by atoms with Crippen molar-refractivity contribution < 1.29 is 5.11 Å². The third kappa shape index (κ3) is 3.59. The van der Waals surface area contributed by atoms with Gasteiger partial charge in [0.1, 0.15) is 11.5 Å². The Bertz CT molecular complexity index is 1590. The minimum atomic E-state index is -0.517. The largest absolute Gasteiger partial charge is 0.493 e. The Morgan fingerprint density at radius 1 is 1.41 bits per heavy atom. The molecular formula is C21H17ClN8O2.